The van der Waals surface area contributed by atoms with E-state index in [0.717, 1.165) is 29.3 Å². The quantitative estimate of drug-likeness (QED) is 0.0801. The highest BCUT2D eigenvalue weighted by atomic mass is 35.5. The van der Waals surface area contributed by atoms with Crippen molar-refractivity contribution in [3.8, 4) is 45.8 Å². The SMILES string of the molecule is CCC/C(=C1/SC(=O)CC1=O)c1ccc(OCCOc2c(-c3ccc(OC)c(OC)c3)oc3cc(OC)cc(OC)c3c2=O)c(Cl)c1. The number of halogens is 1. The molecule has 246 valence electrons. The molecule has 10 nitrogen and oxygen atoms in total. The summed E-state index contributed by atoms with van der Waals surface area (Å²) in [5.41, 5.74) is 1.85. The van der Waals surface area contributed by atoms with Crippen LogP contribution in [0, 0.1) is 0 Å². The summed E-state index contributed by atoms with van der Waals surface area (Å²) in [4.78, 5) is 38.7. The van der Waals surface area contributed by atoms with Crippen LogP contribution in [0.2, 0.25) is 5.02 Å². The highest BCUT2D eigenvalue weighted by molar-refractivity contribution is 8.18. The normalized spacial score (nSPS) is 13.9. The summed E-state index contributed by atoms with van der Waals surface area (Å²) in [6.07, 6.45) is 1.33. The highest BCUT2D eigenvalue weighted by Gasteiger charge is 2.29. The summed E-state index contributed by atoms with van der Waals surface area (Å²) in [6, 6.07) is 13.5. The van der Waals surface area contributed by atoms with Crippen LogP contribution in [0.15, 0.2) is 62.6 Å². The summed E-state index contributed by atoms with van der Waals surface area (Å²) in [5.74, 6) is 1.98. The highest BCUT2D eigenvalue weighted by Crippen LogP contribution is 2.41. The minimum absolute atomic E-state index is 0.0351. The fraction of sp³-hybridized carbons (Fsp3) is 0.286. The van der Waals surface area contributed by atoms with E-state index in [9.17, 15) is 14.4 Å². The standard InChI is InChI=1S/C35H33ClO10S/c1-6-7-22(35-24(37)18-30(38)47-35)19-8-10-25(23(36)14-19)44-12-13-45-34-32(39)31-28(43-5)16-21(40-2)17-29(31)46-33(34)20-9-11-26(41-3)27(15-20)42-4/h8-11,14-17H,6-7,12-13,18H2,1-5H3/b35-22-. The van der Waals surface area contributed by atoms with Gasteiger partial charge in [0.05, 0.1) is 44.8 Å². The molecule has 1 saturated heterocycles. The molecule has 0 N–H and O–H groups in total. The molecule has 0 radical (unpaired) electrons. The molecule has 0 aliphatic carbocycles. The lowest BCUT2D eigenvalue weighted by Crippen LogP contribution is -2.16. The van der Waals surface area contributed by atoms with Crippen LogP contribution < -0.4 is 33.8 Å². The Morgan fingerprint density at radius 1 is 0.830 bits per heavy atom. The van der Waals surface area contributed by atoms with E-state index in [2.05, 4.69) is 0 Å². The predicted octanol–water partition coefficient (Wildman–Crippen LogP) is 7.35. The number of methoxy groups -OCH3 is 4. The lowest BCUT2D eigenvalue weighted by Gasteiger charge is -2.16. The molecule has 1 aliphatic heterocycles. The number of ether oxygens (including phenoxy) is 6. The number of fused-ring (bicyclic) bond motifs is 1. The second-order valence-corrected chi connectivity index (χ2v) is 11.8. The van der Waals surface area contributed by atoms with Gasteiger partial charge >= 0.3 is 0 Å². The van der Waals surface area contributed by atoms with Crippen LogP contribution in [0.3, 0.4) is 0 Å². The first-order valence-electron chi connectivity index (χ1n) is 14.7. The first-order chi connectivity index (χ1) is 22.7. The summed E-state index contributed by atoms with van der Waals surface area (Å²) in [6.45, 7) is 2.00. The Morgan fingerprint density at radius 2 is 1.55 bits per heavy atom. The monoisotopic (exact) mass is 680 g/mol. The third-order valence-electron chi connectivity index (χ3n) is 7.41. The van der Waals surface area contributed by atoms with E-state index in [1.165, 1.54) is 28.4 Å². The number of ketones is 1. The Labute approximate surface area is 280 Å². The maximum Gasteiger partial charge on any atom is 0.239 e. The van der Waals surface area contributed by atoms with Crippen molar-refractivity contribution in [3.63, 3.8) is 0 Å². The average molecular weight is 681 g/mol. The Morgan fingerprint density at radius 3 is 2.19 bits per heavy atom. The fourth-order valence-electron chi connectivity index (χ4n) is 5.21. The second-order valence-electron chi connectivity index (χ2n) is 10.3. The molecule has 1 aliphatic rings. The van der Waals surface area contributed by atoms with E-state index < -0.39 is 5.43 Å². The Balaban J connectivity index is 1.43. The van der Waals surface area contributed by atoms with Crippen molar-refractivity contribution < 1.29 is 42.4 Å². The van der Waals surface area contributed by atoms with Crippen LogP contribution in [0.5, 0.6) is 34.5 Å². The van der Waals surface area contributed by atoms with Crippen molar-refractivity contribution >= 4 is 50.8 Å². The number of rotatable bonds is 13. The van der Waals surface area contributed by atoms with Crippen LogP contribution in [0.1, 0.15) is 31.7 Å². The molecular weight excluding hydrogens is 648 g/mol. The minimum atomic E-state index is -0.452. The topological polar surface area (TPSA) is 120 Å². The zero-order valence-electron chi connectivity index (χ0n) is 26.5. The Hall–Kier alpha value is -4.61. The Bertz CT molecular complexity index is 1930. The number of Topliss-reactive ketones (excluding diaryl/α,β-unsaturated/α-hetero) is 1. The van der Waals surface area contributed by atoms with Crippen LogP contribution in [-0.4, -0.2) is 52.6 Å². The van der Waals surface area contributed by atoms with Gasteiger partial charge in [0.1, 0.15) is 41.4 Å². The number of hydrogen-bond donors (Lipinski definition) is 0. The van der Waals surface area contributed by atoms with E-state index in [1.54, 1.807) is 42.5 Å². The van der Waals surface area contributed by atoms with Crippen molar-refractivity contribution in [2.24, 2.45) is 0 Å². The molecule has 0 unspecified atom stereocenters. The number of hydrogen-bond acceptors (Lipinski definition) is 11. The molecular formula is C35H33ClO10S. The van der Waals surface area contributed by atoms with Crippen molar-refractivity contribution in [1.82, 2.24) is 0 Å². The minimum Gasteiger partial charge on any atom is -0.496 e. The van der Waals surface area contributed by atoms with E-state index in [0.29, 0.717) is 44.9 Å². The van der Waals surface area contributed by atoms with Gasteiger partial charge in [0.2, 0.25) is 16.3 Å². The smallest absolute Gasteiger partial charge is 0.239 e. The molecule has 47 heavy (non-hydrogen) atoms. The number of carbonyl (C=O) groups excluding carboxylic acids is 2. The predicted molar refractivity (Wildman–Crippen MR) is 181 cm³/mol. The molecule has 4 aromatic rings. The van der Waals surface area contributed by atoms with E-state index in [1.807, 2.05) is 13.0 Å². The fourth-order valence-corrected chi connectivity index (χ4v) is 6.40. The van der Waals surface area contributed by atoms with Crippen molar-refractivity contribution in [1.29, 1.82) is 0 Å². The van der Waals surface area contributed by atoms with Crippen LogP contribution in [0.25, 0.3) is 27.9 Å². The molecule has 1 aromatic heterocycles. The van der Waals surface area contributed by atoms with Crippen molar-refractivity contribution in [2.75, 3.05) is 41.7 Å². The molecule has 0 bridgehead atoms. The van der Waals surface area contributed by atoms with Gasteiger partial charge in [0.15, 0.2) is 23.0 Å². The van der Waals surface area contributed by atoms with Gasteiger partial charge in [-0.1, -0.05) is 31.0 Å². The lowest BCUT2D eigenvalue weighted by molar-refractivity contribution is -0.119. The van der Waals surface area contributed by atoms with Gasteiger partial charge in [0, 0.05) is 17.7 Å². The molecule has 0 amide bonds. The zero-order chi connectivity index (χ0) is 33.7. The van der Waals surface area contributed by atoms with Crippen LogP contribution in [-0.2, 0) is 9.59 Å². The van der Waals surface area contributed by atoms with E-state index in [-0.39, 0.29) is 58.8 Å². The molecule has 12 heteroatoms. The van der Waals surface area contributed by atoms with Gasteiger partial charge in [-0.25, -0.2) is 0 Å². The largest absolute Gasteiger partial charge is 0.496 e. The van der Waals surface area contributed by atoms with Crippen molar-refractivity contribution in [2.45, 2.75) is 26.2 Å². The van der Waals surface area contributed by atoms with Gasteiger partial charge < -0.3 is 32.8 Å². The molecule has 5 rings (SSSR count). The van der Waals surface area contributed by atoms with E-state index in [4.69, 9.17) is 44.4 Å². The number of thioether (sulfide) groups is 1. The van der Waals surface area contributed by atoms with Gasteiger partial charge in [-0.3, -0.25) is 14.4 Å². The van der Waals surface area contributed by atoms with Gasteiger partial charge in [-0.05, 0) is 59.7 Å². The second kappa shape index (κ2) is 14.9. The Kier molecular flexibility index (Phi) is 10.7. The summed E-state index contributed by atoms with van der Waals surface area (Å²) in [5, 5.41) is 0.357. The van der Waals surface area contributed by atoms with Crippen LogP contribution in [0.4, 0.5) is 0 Å². The molecule has 1 fully saturated rings. The summed E-state index contributed by atoms with van der Waals surface area (Å²) < 4.78 is 39.9. The molecule has 3 aromatic carbocycles. The van der Waals surface area contributed by atoms with Crippen molar-refractivity contribution in [3.05, 3.63) is 74.2 Å². The maximum atomic E-state index is 13.9. The number of carbonyl (C=O) groups is 2. The summed E-state index contributed by atoms with van der Waals surface area (Å²) >= 11 is 7.58. The average Bonchev–Trinajstić information content (AvgIpc) is 3.42. The number of allylic oxidation sites excluding steroid dienone is 2. The number of benzene rings is 3. The van der Waals surface area contributed by atoms with Gasteiger partial charge in [-0.2, -0.15) is 0 Å². The third-order valence-corrected chi connectivity index (χ3v) is 8.75. The maximum absolute atomic E-state index is 13.9. The summed E-state index contributed by atoms with van der Waals surface area (Å²) in [7, 11) is 5.99. The van der Waals surface area contributed by atoms with E-state index >= 15 is 0 Å². The molecule has 2 heterocycles. The molecule has 0 saturated carbocycles. The van der Waals surface area contributed by atoms with Crippen LogP contribution >= 0.6 is 23.4 Å². The third kappa shape index (κ3) is 7.06. The first-order valence-corrected chi connectivity index (χ1v) is 15.9. The zero-order valence-corrected chi connectivity index (χ0v) is 28.1. The lowest BCUT2D eigenvalue weighted by atomic mass is 9.99. The molecule has 0 atom stereocenters. The first kappa shape index (κ1) is 33.7. The molecule has 0 spiro atoms. The van der Waals surface area contributed by atoms with Gasteiger partial charge in [0.25, 0.3) is 0 Å². The van der Waals surface area contributed by atoms with Gasteiger partial charge in [-0.15, -0.1) is 0 Å².